The Morgan fingerprint density at radius 1 is 1.29 bits per heavy atom. The van der Waals surface area contributed by atoms with E-state index < -0.39 is 0 Å². The maximum Gasteiger partial charge on any atom is 0.271 e. The van der Waals surface area contributed by atoms with Crippen molar-refractivity contribution < 1.29 is 9.53 Å². The van der Waals surface area contributed by atoms with Crippen LogP contribution in [0, 0.1) is 0 Å². The third-order valence-corrected chi connectivity index (χ3v) is 3.66. The monoisotopic (exact) mass is 329 g/mol. The molecule has 6 heteroatoms. The number of aromatic nitrogens is 2. The highest BCUT2D eigenvalue weighted by Crippen LogP contribution is 2.12. The van der Waals surface area contributed by atoms with E-state index in [2.05, 4.69) is 10.4 Å². The summed E-state index contributed by atoms with van der Waals surface area (Å²) in [5.41, 5.74) is 1.16. The summed E-state index contributed by atoms with van der Waals surface area (Å²) in [7, 11) is 1.63. The average Bonchev–Trinajstić information content (AvgIpc) is 2.61. The molecule has 1 aromatic carbocycles. The maximum absolute atomic E-state index is 12.2. The van der Waals surface area contributed by atoms with Gasteiger partial charge in [-0.3, -0.25) is 9.59 Å². The molecule has 0 unspecified atom stereocenters. The number of ether oxygens (including phenoxy) is 1. The van der Waals surface area contributed by atoms with Crippen LogP contribution in [0.1, 0.15) is 35.8 Å². The number of benzene rings is 1. The number of carbonyl (C=O) groups is 1. The van der Waals surface area contributed by atoms with E-state index in [0.29, 0.717) is 19.5 Å². The summed E-state index contributed by atoms with van der Waals surface area (Å²) in [4.78, 5) is 23.9. The quantitative estimate of drug-likeness (QED) is 0.804. The number of carbonyl (C=O) groups excluding carboxylic acids is 1. The lowest BCUT2D eigenvalue weighted by atomic mass is 10.1. The van der Waals surface area contributed by atoms with Gasteiger partial charge in [-0.1, -0.05) is 25.5 Å². The van der Waals surface area contributed by atoms with Gasteiger partial charge in [0.15, 0.2) is 0 Å². The van der Waals surface area contributed by atoms with Crippen LogP contribution in [0.3, 0.4) is 0 Å². The van der Waals surface area contributed by atoms with Crippen LogP contribution in [0.15, 0.2) is 41.2 Å². The van der Waals surface area contributed by atoms with Crippen LogP contribution in [0.5, 0.6) is 5.75 Å². The first kappa shape index (κ1) is 17.7. The summed E-state index contributed by atoms with van der Waals surface area (Å²) >= 11 is 0. The number of aryl methyl sites for hydroxylation is 1. The maximum atomic E-state index is 12.2. The summed E-state index contributed by atoms with van der Waals surface area (Å²) in [6.45, 7) is 3.06. The number of hydrogen-bond acceptors (Lipinski definition) is 4. The fourth-order valence-corrected chi connectivity index (χ4v) is 2.28. The summed E-state index contributed by atoms with van der Waals surface area (Å²) in [5.74, 6) is 0.520. The van der Waals surface area contributed by atoms with E-state index in [4.69, 9.17) is 4.74 Å². The molecule has 0 radical (unpaired) electrons. The van der Waals surface area contributed by atoms with E-state index in [1.807, 2.05) is 31.2 Å². The molecule has 6 nitrogen and oxygen atoms in total. The lowest BCUT2D eigenvalue weighted by molar-refractivity contribution is 0.0946. The van der Waals surface area contributed by atoms with Crippen molar-refractivity contribution in [2.45, 2.75) is 32.7 Å². The molecule has 1 N–H and O–H groups in total. The summed E-state index contributed by atoms with van der Waals surface area (Å²) in [6, 6.07) is 10.6. The molecule has 0 aliphatic rings. The zero-order chi connectivity index (χ0) is 17.4. The Morgan fingerprint density at radius 2 is 2.12 bits per heavy atom. The van der Waals surface area contributed by atoms with Crippen molar-refractivity contribution in [2.24, 2.45) is 0 Å². The summed E-state index contributed by atoms with van der Waals surface area (Å²) < 4.78 is 6.53. The van der Waals surface area contributed by atoms with Crippen LogP contribution in [-0.4, -0.2) is 29.3 Å². The summed E-state index contributed by atoms with van der Waals surface area (Å²) in [6.07, 6.45) is 2.51. The normalized spacial score (nSPS) is 10.4. The Hall–Kier alpha value is -2.63. The Balaban J connectivity index is 1.93. The number of nitrogens with one attached hydrogen (secondary N) is 1. The highest BCUT2D eigenvalue weighted by Gasteiger charge is 2.09. The van der Waals surface area contributed by atoms with E-state index in [1.54, 1.807) is 7.11 Å². The number of hydrogen-bond donors (Lipinski definition) is 1. The molecule has 0 aliphatic heterocycles. The van der Waals surface area contributed by atoms with E-state index in [1.165, 1.54) is 16.8 Å². The Labute approximate surface area is 141 Å². The first-order chi connectivity index (χ1) is 11.6. The van der Waals surface area contributed by atoms with Crippen LogP contribution >= 0.6 is 0 Å². The standard InChI is InChI=1S/C18H23N3O3/c1-3-4-12-21-17(22)9-8-16(20-21)18(23)19-11-10-14-6-5-7-15(13-14)24-2/h5-9,13H,3-4,10-12H2,1-2H3,(H,19,23). The van der Waals surface area contributed by atoms with Crippen molar-refractivity contribution in [3.05, 3.63) is 58.0 Å². The number of methoxy groups -OCH3 is 1. The number of nitrogens with zero attached hydrogens (tertiary/aromatic N) is 2. The number of rotatable bonds is 8. The predicted molar refractivity (Wildman–Crippen MR) is 92.4 cm³/mol. The Morgan fingerprint density at radius 3 is 2.88 bits per heavy atom. The van der Waals surface area contributed by atoms with Gasteiger partial charge in [-0.2, -0.15) is 5.10 Å². The van der Waals surface area contributed by atoms with Crippen LogP contribution in [0.25, 0.3) is 0 Å². The van der Waals surface area contributed by atoms with Crippen LogP contribution in [0.4, 0.5) is 0 Å². The van der Waals surface area contributed by atoms with Crippen molar-refractivity contribution in [3.8, 4) is 5.75 Å². The molecule has 2 aromatic rings. The first-order valence-corrected chi connectivity index (χ1v) is 8.13. The molecular formula is C18H23N3O3. The average molecular weight is 329 g/mol. The molecule has 0 saturated heterocycles. The molecule has 1 amide bonds. The molecule has 0 saturated carbocycles. The van der Waals surface area contributed by atoms with Crippen molar-refractivity contribution in [1.82, 2.24) is 15.1 Å². The molecule has 0 fully saturated rings. The van der Waals surface area contributed by atoms with Gasteiger partial charge < -0.3 is 10.1 Å². The van der Waals surface area contributed by atoms with E-state index in [9.17, 15) is 9.59 Å². The minimum atomic E-state index is -0.275. The number of amides is 1. The molecular weight excluding hydrogens is 306 g/mol. The molecule has 0 atom stereocenters. The summed E-state index contributed by atoms with van der Waals surface area (Å²) in [5, 5.41) is 6.96. The van der Waals surface area contributed by atoms with Crippen molar-refractivity contribution >= 4 is 5.91 Å². The van der Waals surface area contributed by atoms with E-state index in [0.717, 1.165) is 24.2 Å². The second kappa shape index (κ2) is 8.86. The molecule has 1 aromatic heterocycles. The second-order valence-corrected chi connectivity index (χ2v) is 5.49. The van der Waals surface area contributed by atoms with E-state index >= 15 is 0 Å². The van der Waals surface area contributed by atoms with Gasteiger partial charge in [0.2, 0.25) is 0 Å². The fourth-order valence-electron chi connectivity index (χ4n) is 2.28. The van der Waals surface area contributed by atoms with Gasteiger partial charge in [-0.05, 0) is 36.6 Å². The van der Waals surface area contributed by atoms with E-state index in [-0.39, 0.29) is 17.2 Å². The highest BCUT2D eigenvalue weighted by atomic mass is 16.5. The van der Waals surface area contributed by atoms with Crippen LogP contribution in [-0.2, 0) is 13.0 Å². The Kier molecular flexibility index (Phi) is 6.54. The second-order valence-electron chi connectivity index (χ2n) is 5.49. The smallest absolute Gasteiger partial charge is 0.271 e. The van der Waals surface area contributed by atoms with Crippen molar-refractivity contribution in [2.75, 3.05) is 13.7 Å². The van der Waals surface area contributed by atoms with Gasteiger partial charge >= 0.3 is 0 Å². The molecule has 24 heavy (non-hydrogen) atoms. The zero-order valence-corrected chi connectivity index (χ0v) is 14.1. The zero-order valence-electron chi connectivity index (χ0n) is 14.1. The van der Waals surface area contributed by atoms with Gasteiger partial charge in [0, 0.05) is 19.2 Å². The van der Waals surface area contributed by atoms with Gasteiger partial charge in [0.05, 0.1) is 7.11 Å². The minimum Gasteiger partial charge on any atom is -0.497 e. The minimum absolute atomic E-state index is 0.184. The SMILES string of the molecule is CCCCn1nc(C(=O)NCCc2cccc(OC)c2)ccc1=O. The lowest BCUT2D eigenvalue weighted by Gasteiger charge is -2.08. The lowest BCUT2D eigenvalue weighted by Crippen LogP contribution is -2.30. The van der Waals surface area contributed by atoms with Gasteiger partial charge in [-0.15, -0.1) is 0 Å². The van der Waals surface area contributed by atoms with Crippen molar-refractivity contribution in [1.29, 1.82) is 0 Å². The van der Waals surface area contributed by atoms with Gasteiger partial charge in [0.1, 0.15) is 11.4 Å². The third kappa shape index (κ3) is 4.94. The fraction of sp³-hybridized carbons (Fsp3) is 0.389. The number of unbranched alkanes of at least 4 members (excludes halogenated alkanes) is 1. The largest absolute Gasteiger partial charge is 0.497 e. The molecule has 0 bridgehead atoms. The first-order valence-electron chi connectivity index (χ1n) is 8.13. The van der Waals surface area contributed by atoms with Gasteiger partial charge in [0.25, 0.3) is 11.5 Å². The van der Waals surface area contributed by atoms with Gasteiger partial charge in [-0.25, -0.2) is 4.68 Å². The van der Waals surface area contributed by atoms with Crippen LogP contribution < -0.4 is 15.6 Å². The molecule has 2 rings (SSSR count). The highest BCUT2D eigenvalue weighted by molar-refractivity contribution is 5.91. The predicted octanol–water partition coefficient (Wildman–Crippen LogP) is 2.02. The van der Waals surface area contributed by atoms with Crippen LogP contribution in [0.2, 0.25) is 0 Å². The molecule has 0 aliphatic carbocycles. The molecule has 1 heterocycles. The molecule has 0 spiro atoms. The van der Waals surface area contributed by atoms with Crippen molar-refractivity contribution in [3.63, 3.8) is 0 Å². The Bertz CT molecular complexity index is 740. The third-order valence-electron chi connectivity index (χ3n) is 3.66. The molecule has 128 valence electrons. The topological polar surface area (TPSA) is 73.2 Å².